The molecule has 1 aliphatic rings. The van der Waals surface area contributed by atoms with Gasteiger partial charge in [-0.1, -0.05) is 11.8 Å². The molecule has 4 nitrogen and oxygen atoms in total. The van der Waals surface area contributed by atoms with E-state index in [0.717, 1.165) is 12.8 Å². The molecular weight excluding hydrogens is 240 g/mol. The van der Waals surface area contributed by atoms with E-state index in [1.807, 2.05) is 7.05 Å². The number of carbonyl (C=O) groups excluding carboxylic acids is 1. The van der Waals surface area contributed by atoms with Gasteiger partial charge in [0.2, 0.25) is 0 Å². The number of hydrogen-bond acceptors (Lipinski definition) is 3. The van der Waals surface area contributed by atoms with Crippen molar-refractivity contribution in [2.75, 3.05) is 13.7 Å². The van der Waals surface area contributed by atoms with Gasteiger partial charge in [-0.3, -0.25) is 4.79 Å². The maximum absolute atomic E-state index is 12.4. The van der Waals surface area contributed by atoms with Crippen LogP contribution in [-0.2, 0) is 0 Å². The van der Waals surface area contributed by atoms with Gasteiger partial charge in [-0.15, -0.1) is 0 Å². The summed E-state index contributed by atoms with van der Waals surface area (Å²) < 4.78 is 0. The summed E-state index contributed by atoms with van der Waals surface area (Å²) in [4.78, 5) is 18.3. The summed E-state index contributed by atoms with van der Waals surface area (Å²) in [7, 11) is 1.83. The summed E-state index contributed by atoms with van der Waals surface area (Å²) in [6.07, 6.45) is 5.34. The number of carbonyl (C=O) groups is 1. The molecule has 1 saturated carbocycles. The third-order valence-corrected chi connectivity index (χ3v) is 3.41. The van der Waals surface area contributed by atoms with Gasteiger partial charge in [0.1, 0.15) is 5.69 Å². The monoisotopic (exact) mass is 258 g/mol. The molecule has 1 amide bonds. The van der Waals surface area contributed by atoms with Crippen LogP contribution in [0.2, 0.25) is 0 Å². The van der Waals surface area contributed by atoms with E-state index in [2.05, 4.69) is 16.8 Å². The smallest absolute Gasteiger partial charge is 0.273 e. The number of nitrogens with zero attached hydrogens (tertiary/aromatic N) is 2. The Morgan fingerprint density at radius 2 is 2.37 bits per heavy atom. The van der Waals surface area contributed by atoms with Crippen LogP contribution < -0.4 is 0 Å². The number of aliphatic hydroxyl groups is 1. The minimum absolute atomic E-state index is 0.0263. The van der Waals surface area contributed by atoms with Gasteiger partial charge in [-0.05, 0) is 31.4 Å². The van der Waals surface area contributed by atoms with E-state index in [1.54, 1.807) is 23.2 Å². The highest BCUT2D eigenvalue weighted by atomic mass is 16.2. The quantitative estimate of drug-likeness (QED) is 0.835. The van der Waals surface area contributed by atoms with Gasteiger partial charge in [-0.2, -0.15) is 0 Å². The van der Waals surface area contributed by atoms with Crippen LogP contribution in [0.15, 0.2) is 18.3 Å². The van der Waals surface area contributed by atoms with Gasteiger partial charge in [0, 0.05) is 25.7 Å². The molecule has 0 spiro atoms. The van der Waals surface area contributed by atoms with Gasteiger partial charge in [0.05, 0.1) is 12.2 Å². The fourth-order valence-electron chi connectivity index (χ4n) is 2.00. The molecule has 1 aromatic rings. The zero-order chi connectivity index (χ0) is 13.7. The summed E-state index contributed by atoms with van der Waals surface area (Å²) in [5.74, 6) is 5.67. The average molecular weight is 258 g/mol. The molecule has 0 aromatic carbocycles. The van der Waals surface area contributed by atoms with Gasteiger partial charge in [0.25, 0.3) is 5.91 Å². The molecule has 1 fully saturated rings. The molecule has 1 N–H and O–H groups in total. The first kappa shape index (κ1) is 13.6. The van der Waals surface area contributed by atoms with Crippen molar-refractivity contribution in [3.63, 3.8) is 0 Å². The third-order valence-electron chi connectivity index (χ3n) is 3.41. The third kappa shape index (κ3) is 3.12. The molecule has 19 heavy (non-hydrogen) atoms. The van der Waals surface area contributed by atoms with Gasteiger partial charge >= 0.3 is 0 Å². The zero-order valence-electron chi connectivity index (χ0n) is 11.1. The number of rotatable bonds is 3. The largest absolute Gasteiger partial charge is 0.395 e. The number of hydrogen-bond donors (Lipinski definition) is 1. The Bertz CT molecular complexity index is 512. The van der Waals surface area contributed by atoms with Crippen molar-refractivity contribution in [2.45, 2.75) is 31.7 Å². The van der Waals surface area contributed by atoms with E-state index in [-0.39, 0.29) is 12.5 Å². The van der Waals surface area contributed by atoms with Crippen LogP contribution >= 0.6 is 0 Å². The second-order valence-corrected chi connectivity index (χ2v) is 4.68. The number of aliphatic hydroxyl groups excluding tert-OH is 1. The standard InChI is InChI=1S/C15H18N2O2/c1-17(13-8-4-9-13)15(19)14-12(6-2-3-11-18)7-5-10-16-14/h5,7,10,13,18H,3-4,8-9,11H2,1H3. The highest BCUT2D eigenvalue weighted by Crippen LogP contribution is 2.24. The fourth-order valence-corrected chi connectivity index (χ4v) is 2.00. The number of amides is 1. The first-order valence-electron chi connectivity index (χ1n) is 6.56. The van der Waals surface area contributed by atoms with E-state index in [0.29, 0.717) is 23.7 Å². The lowest BCUT2D eigenvalue weighted by atomic mass is 9.91. The molecule has 0 atom stereocenters. The maximum Gasteiger partial charge on any atom is 0.273 e. The number of aromatic nitrogens is 1. The highest BCUT2D eigenvalue weighted by molar-refractivity contribution is 5.94. The minimum Gasteiger partial charge on any atom is -0.395 e. The van der Waals surface area contributed by atoms with E-state index in [9.17, 15) is 4.79 Å². The molecule has 0 radical (unpaired) electrons. The van der Waals surface area contributed by atoms with Crippen LogP contribution in [0.4, 0.5) is 0 Å². The molecular formula is C15H18N2O2. The van der Waals surface area contributed by atoms with Crippen molar-refractivity contribution in [3.8, 4) is 11.8 Å². The fraction of sp³-hybridized carbons (Fsp3) is 0.467. The highest BCUT2D eigenvalue weighted by Gasteiger charge is 2.27. The second-order valence-electron chi connectivity index (χ2n) is 4.68. The Labute approximate surface area is 113 Å². The first-order chi connectivity index (χ1) is 9.24. The Morgan fingerprint density at radius 3 is 3.00 bits per heavy atom. The molecule has 0 aliphatic heterocycles. The van der Waals surface area contributed by atoms with Crippen LogP contribution in [0.3, 0.4) is 0 Å². The molecule has 100 valence electrons. The second kappa shape index (κ2) is 6.35. The van der Waals surface area contributed by atoms with Gasteiger partial charge in [-0.25, -0.2) is 4.98 Å². The van der Waals surface area contributed by atoms with E-state index < -0.39 is 0 Å². The van der Waals surface area contributed by atoms with Crippen LogP contribution in [0.25, 0.3) is 0 Å². The van der Waals surface area contributed by atoms with Crippen molar-refractivity contribution in [3.05, 3.63) is 29.6 Å². The Balaban J connectivity index is 2.19. The van der Waals surface area contributed by atoms with Crippen LogP contribution in [0.1, 0.15) is 41.7 Å². The van der Waals surface area contributed by atoms with Crippen molar-refractivity contribution < 1.29 is 9.90 Å². The normalized spacial score (nSPS) is 14.2. The predicted octanol–water partition coefficient (Wildman–Crippen LogP) is 1.44. The molecule has 2 rings (SSSR count). The predicted molar refractivity (Wildman–Crippen MR) is 72.6 cm³/mol. The van der Waals surface area contributed by atoms with Crippen molar-refractivity contribution in [1.29, 1.82) is 0 Å². The van der Waals surface area contributed by atoms with Crippen molar-refractivity contribution >= 4 is 5.91 Å². The van der Waals surface area contributed by atoms with E-state index in [1.165, 1.54) is 6.42 Å². The molecule has 4 heteroatoms. The summed E-state index contributed by atoms with van der Waals surface area (Å²) in [6, 6.07) is 3.90. The lowest BCUT2D eigenvalue weighted by Gasteiger charge is -2.34. The maximum atomic E-state index is 12.4. The van der Waals surface area contributed by atoms with E-state index in [4.69, 9.17) is 5.11 Å². The number of pyridine rings is 1. The minimum atomic E-state index is -0.0707. The van der Waals surface area contributed by atoms with Gasteiger partial charge < -0.3 is 10.0 Å². The summed E-state index contributed by atoms with van der Waals surface area (Å²) in [6.45, 7) is 0.0263. The summed E-state index contributed by atoms with van der Waals surface area (Å²) in [5, 5.41) is 8.73. The van der Waals surface area contributed by atoms with Gasteiger partial charge in [0.15, 0.2) is 0 Å². The molecule has 1 aromatic heterocycles. The SMILES string of the molecule is CN(C(=O)c1ncccc1C#CCCO)C1CCC1. The molecule has 0 unspecified atom stereocenters. The molecule has 0 saturated heterocycles. The Kier molecular flexibility index (Phi) is 4.53. The summed E-state index contributed by atoms with van der Waals surface area (Å²) >= 11 is 0. The van der Waals surface area contributed by atoms with Crippen LogP contribution in [0.5, 0.6) is 0 Å². The molecule has 1 heterocycles. The lowest BCUT2D eigenvalue weighted by molar-refractivity contribution is 0.0645. The molecule has 0 bridgehead atoms. The lowest BCUT2D eigenvalue weighted by Crippen LogP contribution is -2.41. The zero-order valence-corrected chi connectivity index (χ0v) is 11.1. The summed E-state index contributed by atoms with van der Waals surface area (Å²) in [5.41, 5.74) is 1.04. The van der Waals surface area contributed by atoms with Crippen molar-refractivity contribution in [2.24, 2.45) is 0 Å². The van der Waals surface area contributed by atoms with Crippen molar-refractivity contribution in [1.82, 2.24) is 9.88 Å². The first-order valence-corrected chi connectivity index (χ1v) is 6.56. The Morgan fingerprint density at radius 1 is 1.58 bits per heavy atom. The Hall–Kier alpha value is -1.86. The average Bonchev–Trinajstić information content (AvgIpc) is 2.37. The van der Waals surface area contributed by atoms with Crippen LogP contribution in [0, 0.1) is 11.8 Å². The topological polar surface area (TPSA) is 53.4 Å². The van der Waals surface area contributed by atoms with Crippen LogP contribution in [-0.4, -0.2) is 40.6 Å². The van der Waals surface area contributed by atoms with E-state index >= 15 is 0 Å². The molecule has 1 aliphatic carbocycles.